The van der Waals surface area contributed by atoms with Crippen LogP contribution in [0.3, 0.4) is 0 Å². The van der Waals surface area contributed by atoms with Crippen molar-refractivity contribution in [2.75, 3.05) is 19.7 Å². The van der Waals surface area contributed by atoms with Crippen LogP contribution >= 0.6 is 23.2 Å². The van der Waals surface area contributed by atoms with Crippen LogP contribution in [0, 0.1) is 0 Å². The average Bonchev–Trinajstić information content (AvgIpc) is 2.26. The van der Waals surface area contributed by atoms with Gasteiger partial charge in [0.1, 0.15) is 5.75 Å². The van der Waals surface area contributed by atoms with Gasteiger partial charge in [0, 0.05) is 22.5 Å². The molecular weight excluding hydrogens is 245 g/mol. The molecule has 0 heterocycles. The normalized spacial score (nSPS) is 11.6. The van der Waals surface area contributed by atoms with Gasteiger partial charge in [-0.3, -0.25) is 0 Å². The lowest BCUT2D eigenvalue weighted by atomic mass is 9.84. The minimum Gasteiger partial charge on any atom is -0.496 e. The molecule has 0 saturated carbocycles. The first-order chi connectivity index (χ1) is 7.51. The van der Waals surface area contributed by atoms with Crippen molar-refractivity contribution in [2.24, 2.45) is 0 Å². The van der Waals surface area contributed by atoms with Gasteiger partial charge in [-0.1, -0.05) is 25.4 Å². The fraction of sp³-hybridized carbons (Fsp3) is 0.500. The third kappa shape index (κ3) is 3.27. The number of nitrogens with one attached hydrogen (secondary N) is 1. The Morgan fingerprint density at radius 3 is 2.62 bits per heavy atom. The molecule has 1 N–H and O–H groups in total. The molecule has 0 amide bonds. The molecule has 4 heteroatoms. The van der Waals surface area contributed by atoms with E-state index in [0.29, 0.717) is 6.00 Å². The molecule has 1 aromatic rings. The monoisotopic (exact) mass is 261 g/mol. The van der Waals surface area contributed by atoms with E-state index in [1.54, 1.807) is 7.11 Å². The van der Waals surface area contributed by atoms with Crippen LogP contribution in [0.15, 0.2) is 18.2 Å². The first-order valence-electron chi connectivity index (χ1n) is 5.12. The van der Waals surface area contributed by atoms with Crippen LogP contribution in [-0.4, -0.2) is 19.7 Å². The number of rotatable bonds is 5. The van der Waals surface area contributed by atoms with Gasteiger partial charge in [-0.15, -0.1) is 11.6 Å². The average molecular weight is 262 g/mol. The zero-order chi connectivity index (χ0) is 12.2. The fourth-order valence-corrected chi connectivity index (χ4v) is 1.93. The Kier molecular flexibility index (Phi) is 4.90. The fourth-order valence-electron chi connectivity index (χ4n) is 1.66. The van der Waals surface area contributed by atoms with Gasteiger partial charge in [0.15, 0.2) is 0 Å². The summed E-state index contributed by atoms with van der Waals surface area (Å²) >= 11 is 11.6. The summed E-state index contributed by atoms with van der Waals surface area (Å²) in [5.74, 6) is 0.853. The maximum Gasteiger partial charge on any atom is 0.122 e. The number of benzene rings is 1. The van der Waals surface area contributed by atoms with Gasteiger partial charge in [-0.25, -0.2) is 0 Å². The minimum atomic E-state index is -0.0782. The molecule has 0 aliphatic rings. The zero-order valence-corrected chi connectivity index (χ0v) is 11.3. The summed E-state index contributed by atoms with van der Waals surface area (Å²) in [6.45, 7) is 5.02. The summed E-state index contributed by atoms with van der Waals surface area (Å²) < 4.78 is 5.35. The highest BCUT2D eigenvalue weighted by molar-refractivity contribution is 6.30. The highest BCUT2D eigenvalue weighted by Gasteiger charge is 2.24. The van der Waals surface area contributed by atoms with E-state index in [-0.39, 0.29) is 5.41 Å². The molecule has 16 heavy (non-hydrogen) atoms. The van der Waals surface area contributed by atoms with Crippen LogP contribution < -0.4 is 10.1 Å². The first-order valence-corrected chi connectivity index (χ1v) is 6.03. The Hall–Kier alpha value is -0.440. The van der Waals surface area contributed by atoms with E-state index in [0.717, 1.165) is 22.9 Å². The van der Waals surface area contributed by atoms with Crippen LogP contribution in [0.1, 0.15) is 19.4 Å². The van der Waals surface area contributed by atoms with E-state index >= 15 is 0 Å². The molecule has 0 fully saturated rings. The molecule has 0 bridgehead atoms. The van der Waals surface area contributed by atoms with Crippen LogP contribution in [0.4, 0.5) is 0 Å². The van der Waals surface area contributed by atoms with Crippen molar-refractivity contribution in [2.45, 2.75) is 19.3 Å². The summed E-state index contributed by atoms with van der Waals surface area (Å²) in [6.07, 6.45) is 0. The Morgan fingerprint density at radius 1 is 1.38 bits per heavy atom. The van der Waals surface area contributed by atoms with Gasteiger partial charge in [-0.05, 0) is 18.2 Å². The van der Waals surface area contributed by atoms with Crippen molar-refractivity contribution in [1.29, 1.82) is 0 Å². The molecule has 0 saturated heterocycles. The van der Waals surface area contributed by atoms with E-state index in [4.69, 9.17) is 27.9 Å². The molecule has 0 atom stereocenters. The lowest BCUT2D eigenvalue weighted by molar-refractivity contribution is 0.388. The molecule has 1 rings (SSSR count). The molecule has 2 nitrogen and oxygen atoms in total. The number of ether oxygens (including phenoxy) is 1. The molecule has 0 aromatic heterocycles. The Bertz CT molecular complexity index is 353. The van der Waals surface area contributed by atoms with Gasteiger partial charge >= 0.3 is 0 Å². The minimum absolute atomic E-state index is 0.0782. The molecule has 90 valence electrons. The van der Waals surface area contributed by atoms with E-state index in [9.17, 15) is 0 Å². The quantitative estimate of drug-likeness (QED) is 0.648. The first kappa shape index (κ1) is 13.6. The molecule has 0 spiro atoms. The lowest BCUT2D eigenvalue weighted by Crippen LogP contribution is -2.32. The number of alkyl halides is 1. The Labute approximate surface area is 107 Å². The van der Waals surface area contributed by atoms with Crippen molar-refractivity contribution < 1.29 is 4.74 Å². The standard InChI is InChI=1S/C12H17Cl2NO/c1-12(2,7-15-8-13)10-6-9(14)4-5-11(10)16-3/h4-6,15H,7-8H2,1-3H3. The van der Waals surface area contributed by atoms with Crippen LogP contribution in [0.5, 0.6) is 5.75 Å². The molecule has 0 aliphatic carbocycles. The number of hydrogen-bond acceptors (Lipinski definition) is 2. The summed E-state index contributed by atoms with van der Waals surface area (Å²) in [4.78, 5) is 0. The smallest absolute Gasteiger partial charge is 0.122 e. The predicted molar refractivity (Wildman–Crippen MR) is 69.8 cm³/mol. The molecule has 1 aromatic carbocycles. The topological polar surface area (TPSA) is 21.3 Å². The van der Waals surface area contributed by atoms with E-state index in [2.05, 4.69) is 19.2 Å². The zero-order valence-electron chi connectivity index (χ0n) is 9.81. The molecule has 0 aliphatic heterocycles. The Balaban J connectivity index is 3.04. The SMILES string of the molecule is COc1ccc(Cl)cc1C(C)(C)CNCCl. The third-order valence-electron chi connectivity index (χ3n) is 2.55. The maximum atomic E-state index is 6.01. The second kappa shape index (κ2) is 5.76. The second-order valence-electron chi connectivity index (χ2n) is 4.29. The van der Waals surface area contributed by atoms with Crippen molar-refractivity contribution in [3.05, 3.63) is 28.8 Å². The predicted octanol–water partition coefficient (Wildman–Crippen LogP) is 3.41. The Morgan fingerprint density at radius 2 is 2.06 bits per heavy atom. The summed E-state index contributed by atoms with van der Waals surface area (Å²) in [5.41, 5.74) is 1.01. The van der Waals surface area contributed by atoms with Gasteiger partial charge in [0.2, 0.25) is 0 Å². The van der Waals surface area contributed by atoms with Crippen molar-refractivity contribution in [1.82, 2.24) is 5.32 Å². The van der Waals surface area contributed by atoms with Crippen LogP contribution in [0.25, 0.3) is 0 Å². The summed E-state index contributed by atoms with van der Waals surface area (Å²) in [6, 6.07) is 6.09. The van der Waals surface area contributed by atoms with E-state index in [1.807, 2.05) is 18.2 Å². The van der Waals surface area contributed by atoms with Crippen molar-refractivity contribution >= 4 is 23.2 Å². The van der Waals surface area contributed by atoms with Gasteiger partial charge in [0.05, 0.1) is 13.1 Å². The van der Waals surface area contributed by atoms with Crippen LogP contribution in [-0.2, 0) is 5.41 Å². The summed E-state index contributed by atoms with van der Waals surface area (Å²) in [5, 5.41) is 3.84. The van der Waals surface area contributed by atoms with Gasteiger partial charge in [-0.2, -0.15) is 0 Å². The second-order valence-corrected chi connectivity index (χ2v) is 4.99. The molecule has 0 unspecified atom stereocenters. The number of methoxy groups -OCH3 is 1. The van der Waals surface area contributed by atoms with Crippen LogP contribution in [0.2, 0.25) is 5.02 Å². The molecular formula is C12H17Cl2NO. The van der Waals surface area contributed by atoms with Gasteiger partial charge < -0.3 is 10.1 Å². The van der Waals surface area contributed by atoms with E-state index < -0.39 is 0 Å². The highest BCUT2D eigenvalue weighted by atomic mass is 35.5. The summed E-state index contributed by atoms with van der Waals surface area (Å²) in [7, 11) is 1.66. The number of hydrogen-bond donors (Lipinski definition) is 1. The highest BCUT2D eigenvalue weighted by Crippen LogP contribution is 2.33. The van der Waals surface area contributed by atoms with E-state index in [1.165, 1.54) is 0 Å². The largest absolute Gasteiger partial charge is 0.496 e. The van der Waals surface area contributed by atoms with Crippen molar-refractivity contribution in [3.63, 3.8) is 0 Å². The lowest BCUT2D eigenvalue weighted by Gasteiger charge is -2.27. The van der Waals surface area contributed by atoms with Gasteiger partial charge in [0.25, 0.3) is 0 Å². The molecule has 0 radical (unpaired) electrons. The van der Waals surface area contributed by atoms with Crippen molar-refractivity contribution in [3.8, 4) is 5.75 Å². The maximum absolute atomic E-state index is 6.01. The number of halogens is 2. The third-order valence-corrected chi connectivity index (χ3v) is 2.98.